The lowest BCUT2D eigenvalue weighted by molar-refractivity contribution is -0.137. The zero-order valence-corrected chi connectivity index (χ0v) is 16.4. The molecule has 0 radical (unpaired) electrons. The number of rotatable bonds is 5. The summed E-state index contributed by atoms with van der Waals surface area (Å²) >= 11 is 0. The smallest absolute Gasteiger partial charge is 0.336 e. The quantitative estimate of drug-likeness (QED) is 0.815. The van der Waals surface area contributed by atoms with Gasteiger partial charge in [0.15, 0.2) is 0 Å². The molecule has 0 bridgehead atoms. The minimum absolute atomic E-state index is 0.435. The number of carbonyl (C=O) groups is 2. The number of dihydropyridines is 1. The average Bonchev–Trinajstić information content (AvgIpc) is 2.63. The first-order chi connectivity index (χ1) is 12.4. The number of esters is 2. The summed E-state index contributed by atoms with van der Waals surface area (Å²) in [6.07, 6.45) is 1.26. The molecule has 1 aromatic rings. The normalized spacial score (nSPS) is 15.0. The molecule has 2 rings (SSSR count). The third-order valence-electron chi connectivity index (χ3n) is 4.62. The van der Waals surface area contributed by atoms with Crippen LogP contribution in [-0.4, -0.2) is 26.2 Å². The van der Waals surface area contributed by atoms with E-state index in [0.29, 0.717) is 24.0 Å². The van der Waals surface area contributed by atoms with Gasteiger partial charge in [-0.2, -0.15) is 0 Å². The summed E-state index contributed by atoms with van der Waals surface area (Å²) in [7, 11) is 2.72. The van der Waals surface area contributed by atoms with Gasteiger partial charge < -0.3 is 14.8 Å². The van der Waals surface area contributed by atoms with E-state index >= 15 is 0 Å². The number of carbonyl (C=O) groups excluding carboxylic acids is 2. The molecule has 1 heterocycles. The molecule has 1 aromatic carbocycles. The summed E-state index contributed by atoms with van der Waals surface area (Å²) in [6.45, 7) is 7.95. The van der Waals surface area contributed by atoms with E-state index in [1.54, 1.807) is 0 Å². The number of hydrogen-bond donors (Lipinski definition) is 1. The molecule has 0 spiro atoms. The molecule has 5 nitrogen and oxygen atoms in total. The molecule has 1 aliphatic heterocycles. The van der Waals surface area contributed by atoms with Crippen LogP contribution in [0.25, 0.3) is 0 Å². The van der Waals surface area contributed by atoms with Gasteiger partial charge in [0, 0.05) is 11.4 Å². The number of methoxy groups -OCH3 is 2. The second kappa shape index (κ2) is 8.21. The monoisotopic (exact) mass is 357 g/mol. The van der Waals surface area contributed by atoms with Gasteiger partial charge in [-0.1, -0.05) is 43.2 Å². The van der Waals surface area contributed by atoms with Crippen molar-refractivity contribution in [1.29, 1.82) is 0 Å². The fourth-order valence-electron chi connectivity index (χ4n) is 3.58. The largest absolute Gasteiger partial charge is 0.466 e. The molecule has 0 aromatic heterocycles. The van der Waals surface area contributed by atoms with Gasteiger partial charge in [0.1, 0.15) is 0 Å². The van der Waals surface area contributed by atoms with Gasteiger partial charge in [0.2, 0.25) is 0 Å². The zero-order valence-electron chi connectivity index (χ0n) is 16.4. The first kappa shape index (κ1) is 19.8. The van der Waals surface area contributed by atoms with Crippen molar-refractivity contribution in [3.8, 4) is 0 Å². The van der Waals surface area contributed by atoms with Crippen molar-refractivity contribution in [2.45, 2.75) is 46.5 Å². The predicted octanol–water partition coefficient (Wildman–Crippen LogP) is 3.66. The van der Waals surface area contributed by atoms with Crippen molar-refractivity contribution < 1.29 is 19.1 Å². The third-order valence-corrected chi connectivity index (χ3v) is 4.62. The molecule has 140 valence electrons. The number of ether oxygens (including phenoxy) is 2. The molecular weight excluding hydrogens is 330 g/mol. The highest BCUT2D eigenvalue weighted by molar-refractivity contribution is 6.00. The van der Waals surface area contributed by atoms with E-state index in [0.717, 1.165) is 28.1 Å². The van der Waals surface area contributed by atoms with Crippen molar-refractivity contribution in [3.63, 3.8) is 0 Å². The molecule has 0 fully saturated rings. The average molecular weight is 357 g/mol. The maximum absolute atomic E-state index is 12.6. The lowest BCUT2D eigenvalue weighted by atomic mass is 9.78. The molecule has 1 N–H and O–H groups in total. The zero-order chi connectivity index (χ0) is 19.4. The van der Waals surface area contributed by atoms with Crippen LogP contribution >= 0.6 is 0 Å². The highest BCUT2D eigenvalue weighted by Crippen LogP contribution is 2.41. The predicted molar refractivity (Wildman–Crippen MR) is 100 cm³/mol. The van der Waals surface area contributed by atoms with Crippen molar-refractivity contribution in [2.75, 3.05) is 14.2 Å². The topological polar surface area (TPSA) is 64.6 Å². The van der Waals surface area contributed by atoms with Crippen LogP contribution in [0.1, 0.15) is 49.3 Å². The van der Waals surface area contributed by atoms with E-state index in [1.807, 2.05) is 39.8 Å². The molecule has 0 saturated heterocycles. The first-order valence-electron chi connectivity index (χ1n) is 8.85. The Bertz CT molecular complexity index is 729. The molecule has 5 heteroatoms. The van der Waals surface area contributed by atoms with E-state index in [2.05, 4.69) is 11.4 Å². The number of nitrogens with one attached hydrogen (secondary N) is 1. The molecule has 0 atom stereocenters. The minimum atomic E-state index is -0.514. The van der Waals surface area contributed by atoms with Gasteiger partial charge in [-0.05, 0) is 32.3 Å². The molecule has 0 saturated carbocycles. The number of aryl methyl sites for hydroxylation is 2. The summed E-state index contributed by atoms with van der Waals surface area (Å²) < 4.78 is 10.1. The van der Waals surface area contributed by atoms with Gasteiger partial charge in [0.25, 0.3) is 0 Å². The maximum atomic E-state index is 12.6. The van der Waals surface area contributed by atoms with Crippen molar-refractivity contribution >= 4 is 11.9 Å². The minimum Gasteiger partial charge on any atom is -0.466 e. The van der Waals surface area contributed by atoms with Gasteiger partial charge >= 0.3 is 11.9 Å². The lowest BCUT2D eigenvalue weighted by Crippen LogP contribution is -2.33. The molecule has 0 amide bonds. The van der Waals surface area contributed by atoms with Crippen LogP contribution in [-0.2, 0) is 19.1 Å². The number of hydrogen-bond acceptors (Lipinski definition) is 5. The molecule has 26 heavy (non-hydrogen) atoms. The Morgan fingerprint density at radius 3 is 1.65 bits per heavy atom. The third kappa shape index (κ3) is 3.66. The van der Waals surface area contributed by atoms with Crippen molar-refractivity contribution in [3.05, 3.63) is 57.4 Å². The van der Waals surface area contributed by atoms with Crippen LogP contribution < -0.4 is 5.32 Å². The van der Waals surface area contributed by atoms with Crippen LogP contribution in [0.4, 0.5) is 0 Å². The van der Waals surface area contributed by atoms with E-state index in [9.17, 15) is 9.59 Å². The van der Waals surface area contributed by atoms with Crippen LogP contribution in [0.3, 0.4) is 0 Å². The van der Waals surface area contributed by atoms with E-state index < -0.39 is 17.9 Å². The van der Waals surface area contributed by atoms with E-state index in [-0.39, 0.29) is 0 Å². The molecule has 0 aliphatic carbocycles. The van der Waals surface area contributed by atoms with E-state index in [4.69, 9.17) is 9.47 Å². The summed E-state index contributed by atoms with van der Waals surface area (Å²) in [5.41, 5.74) is 5.54. The molecule has 0 unspecified atom stereocenters. The number of allylic oxidation sites excluding steroid dienone is 2. The Hall–Kier alpha value is -2.56. The SMILES string of the molecule is CCC1=C(C(=O)OC)C(c2cc(C)cc(C)c2)C(C(=O)OC)=C(CC)N1. The van der Waals surface area contributed by atoms with Gasteiger partial charge in [-0.15, -0.1) is 0 Å². The molecular formula is C21H27NO4. The van der Waals surface area contributed by atoms with E-state index in [1.165, 1.54) is 14.2 Å². The second-order valence-electron chi connectivity index (χ2n) is 6.45. The summed E-state index contributed by atoms with van der Waals surface area (Å²) in [6, 6.07) is 6.08. The van der Waals surface area contributed by atoms with Crippen molar-refractivity contribution in [1.82, 2.24) is 5.32 Å². The summed E-state index contributed by atoms with van der Waals surface area (Å²) in [5, 5.41) is 3.27. The highest BCUT2D eigenvalue weighted by atomic mass is 16.5. The Morgan fingerprint density at radius 2 is 1.31 bits per heavy atom. The second-order valence-corrected chi connectivity index (χ2v) is 6.45. The summed E-state index contributed by atoms with van der Waals surface area (Å²) in [4.78, 5) is 25.3. The Morgan fingerprint density at radius 1 is 0.885 bits per heavy atom. The highest BCUT2D eigenvalue weighted by Gasteiger charge is 2.38. The van der Waals surface area contributed by atoms with Crippen LogP contribution in [0.2, 0.25) is 0 Å². The van der Waals surface area contributed by atoms with Crippen molar-refractivity contribution in [2.24, 2.45) is 0 Å². The first-order valence-corrected chi connectivity index (χ1v) is 8.85. The van der Waals surface area contributed by atoms with Crippen LogP contribution in [0.15, 0.2) is 40.7 Å². The fraction of sp³-hybridized carbons (Fsp3) is 0.429. The van der Waals surface area contributed by atoms with Gasteiger partial charge in [0.05, 0.1) is 31.3 Å². The summed E-state index contributed by atoms with van der Waals surface area (Å²) in [5.74, 6) is -1.38. The van der Waals surface area contributed by atoms with Gasteiger partial charge in [-0.25, -0.2) is 9.59 Å². The number of benzene rings is 1. The fourth-order valence-corrected chi connectivity index (χ4v) is 3.58. The van der Waals surface area contributed by atoms with Gasteiger partial charge in [-0.3, -0.25) is 0 Å². The van der Waals surface area contributed by atoms with Crippen LogP contribution in [0, 0.1) is 13.8 Å². The Labute approximate surface area is 155 Å². The Balaban J connectivity index is 2.82. The lowest BCUT2D eigenvalue weighted by Gasteiger charge is -2.32. The standard InChI is InChI=1S/C21H27NO4/c1-7-15-18(20(23)25-5)17(14-10-12(3)9-13(4)11-14)19(21(24)26-6)16(8-2)22-15/h9-11,17,22H,7-8H2,1-6H3. The molecule has 1 aliphatic rings. The van der Waals surface area contributed by atoms with Crippen LogP contribution in [0.5, 0.6) is 0 Å². The Kier molecular flexibility index (Phi) is 6.24. The maximum Gasteiger partial charge on any atom is 0.336 e.